The first-order valence-electron chi connectivity index (χ1n) is 3.80. The minimum absolute atomic E-state index is 0. The van der Waals surface area contributed by atoms with Crippen LogP contribution in [-0.4, -0.2) is 4.89 Å². The van der Waals surface area contributed by atoms with Crippen molar-refractivity contribution in [1.29, 1.82) is 0 Å². The van der Waals surface area contributed by atoms with Crippen molar-refractivity contribution in [3.8, 4) is 0 Å². The average Bonchev–Trinajstić information content (AvgIpc) is 1.91. The number of hydrogen-bond acceptors (Lipinski definition) is 1. The summed E-state index contributed by atoms with van der Waals surface area (Å²) >= 11 is 0. The molecule has 0 saturated heterocycles. The molecule has 0 spiro atoms. The molecule has 0 aliphatic carbocycles. The summed E-state index contributed by atoms with van der Waals surface area (Å²) in [5.41, 5.74) is 0. The van der Waals surface area contributed by atoms with Crippen LogP contribution in [0.2, 0.25) is 0 Å². The van der Waals surface area contributed by atoms with Crippen molar-refractivity contribution < 1.29 is 9.46 Å². The molecule has 2 nitrogen and oxygen atoms in total. The van der Waals surface area contributed by atoms with E-state index in [1.807, 2.05) is 0 Å². The van der Waals surface area contributed by atoms with E-state index in [-0.39, 0.29) is 12.4 Å². The molecule has 0 heterocycles. The molecule has 0 aromatic rings. The van der Waals surface area contributed by atoms with E-state index in [1.54, 1.807) is 0 Å². The predicted molar refractivity (Wildman–Crippen MR) is 51.5 cm³/mol. The molecule has 0 saturated carbocycles. The Morgan fingerprint density at radius 1 is 1.09 bits per heavy atom. The van der Waals surface area contributed by atoms with Gasteiger partial charge >= 0.3 is 8.69 Å². The fourth-order valence-corrected chi connectivity index (χ4v) is 0.677. The summed E-state index contributed by atoms with van der Waals surface area (Å²) < 4.78 is 8.46. The van der Waals surface area contributed by atoms with Gasteiger partial charge in [-0.2, -0.15) is 0 Å². The Morgan fingerprint density at radius 3 is 1.55 bits per heavy atom. The fourth-order valence-electron chi connectivity index (χ4n) is 0.677. The fraction of sp³-hybridized carbons (Fsp3) is 1.00. The number of rotatable bonds is 4. The normalized spacial score (nSPS) is 7.91. The Labute approximate surface area is 77.1 Å². The number of hydrogen-bond donors (Lipinski definition) is 1. The summed E-state index contributed by atoms with van der Waals surface area (Å²) in [5, 5.41) is 0. The molecule has 1 N–H and O–H groups in total. The van der Waals surface area contributed by atoms with Crippen LogP contribution in [0.25, 0.3) is 0 Å². The molecule has 0 aromatic carbocycles. The van der Waals surface area contributed by atoms with Crippen molar-refractivity contribution >= 4 is 21.1 Å². The van der Waals surface area contributed by atoms with Crippen LogP contribution in [-0.2, 0) is 4.57 Å². The average molecular weight is 201 g/mol. The highest BCUT2D eigenvalue weighted by molar-refractivity contribution is 7.16. The van der Waals surface area contributed by atoms with Gasteiger partial charge in [0.25, 0.3) is 0 Å². The molecule has 0 radical (unpaired) electrons. The maximum Gasteiger partial charge on any atom is 0.324 e. The molecule has 0 bridgehead atoms. The lowest BCUT2D eigenvalue weighted by Gasteiger charge is -1.90. The zero-order chi connectivity index (χ0) is 8.24. The van der Waals surface area contributed by atoms with Crippen LogP contribution in [0, 0.1) is 0 Å². The number of unbranched alkanes of at least 4 members (excludes halogenated alkanes) is 4. The van der Waals surface area contributed by atoms with Crippen molar-refractivity contribution in [2.75, 3.05) is 0 Å². The number of halogens is 1. The van der Waals surface area contributed by atoms with Crippen LogP contribution >= 0.6 is 21.1 Å². The summed E-state index contributed by atoms with van der Waals surface area (Å²) in [6.45, 7) is 4.49. The maximum absolute atomic E-state index is 8.46. The van der Waals surface area contributed by atoms with Crippen LogP contribution in [0.5, 0.6) is 0 Å². The van der Waals surface area contributed by atoms with Crippen LogP contribution < -0.4 is 0 Å². The van der Waals surface area contributed by atoms with Crippen LogP contribution in [0.4, 0.5) is 0 Å². The van der Waals surface area contributed by atoms with E-state index in [9.17, 15) is 0 Å². The van der Waals surface area contributed by atoms with E-state index in [4.69, 9.17) is 9.46 Å². The summed E-state index contributed by atoms with van der Waals surface area (Å²) in [6, 6.07) is 0. The summed E-state index contributed by atoms with van der Waals surface area (Å²) in [4.78, 5) is 6.99. The lowest BCUT2D eigenvalue weighted by Crippen LogP contribution is -1.70. The molecule has 0 aliphatic rings. The minimum atomic E-state index is -0.833. The zero-order valence-electron chi connectivity index (χ0n) is 7.25. The first-order valence-corrected chi connectivity index (χ1v) is 4.56. The van der Waals surface area contributed by atoms with Crippen LogP contribution in [0.1, 0.15) is 46.0 Å². The first kappa shape index (κ1) is 17.4. The molecule has 0 amide bonds. The van der Waals surface area contributed by atoms with Gasteiger partial charge in [-0.15, -0.1) is 12.4 Å². The predicted octanol–water partition coefficient (Wildman–Crippen LogP) is 3.58. The highest BCUT2D eigenvalue weighted by Crippen LogP contribution is 2.00. The highest BCUT2D eigenvalue weighted by Gasteiger charge is 1.80. The van der Waals surface area contributed by atoms with E-state index < -0.39 is 8.69 Å². The van der Waals surface area contributed by atoms with Gasteiger partial charge in [0.2, 0.25) is 0 Å². The lowest BCUT2D eigenvalue weighted by atomic mass is 10.2. The third-order valence-corrected chi connectivity index (χ3v) is 1.21. The van der Waals surface area contributed by atoms with Gasteiger partial charge in [0, 0.05) is 0 Å². The molecule has 0 aromatic heterocycles. The second kappa shape index (κ2) is 22.4. The molecule has 4 heteroatoms. The minimum Gasteiger partial charge on any atom is -0.310 e. The van der Waals surface area contributed by atoms with E-state index >= 15 is 0 Å². The quantitative estimate of drug-likeness (QED) is 0.556. The van der Waals surface area contributed by atoms with E-state index in [0.29, 0.717) is 0 Å². The van der Waals surface area contributed by atoms with E-state index in [1.165, 1.54) is 32.1 Å². The van der Waals surface area contributed by atoms with Gasteiger partial charge < -0.3 is 4.89 Å². The van der Waals surface area contributed by atoms with Crippen LogP contribution in [0.3, 0.4) is 0 Å². The van der Waals surface area contributed by atoms with Gasteiger partial charge in [-0.05, 0) is 0 Å². The third-order valence-electron chi connectivity index (χ3n) is 1.21. The standard InChI is InChI=1S/C7H16.ClH.HO2P/c1-3-5-7-6-4-2;;1-3-2/h3-7H2,1-2H3;1H;(H,1,2). The molecular weight excluding hydrogens is 183 g/mol. The molecule has 0 atom stereocenters. The van der Waals surface area contributed by atoms with Crippen molar-refractivity contribution in [2.24, 2.45) is 0 Å². The molecule has 0 rings (SSSR count). The van der Waals surface area contributed by atoms with Crippen molar-refractivity contribution in [3.05, 3.63) is 0 Å². The topological polar surface area (TPSA) is 37.3 Å². The highest BCUT2D eigenvalue weighted by atomic mass is 35.5. The van der Waals surface area contributed by atoms with Gasteiger partial charge in [-0.1, -0.05) is 46.0 Å². The Morgan fingerprint density at radius 2 is 1.36 bits per heavy atom. The molecule has 70 valence electrons. The van der Waals surface area contributed by atoms with Gasteiger partial charge in [-0.25, -0.2) is 4.57 Å². The van der Waals surface area contributed by atoms with Crippen molar-refractivity contribution in [2.45, 2.75) is 46.0 Å². The zero-order valence-corrected chi connectivity index (χ0v) is 8.96. The molecule has 0 aliphatic heterocycles. The Bertz CT molecular complexity index is 58.4. The van der Waals surface area contributed by atoms with Crippen LogP contribution in [0.15, 0.2) is 0 Å². The Balaban J connectivity index is -0.000000140. The van der Waals surface area contributed by atoms with Crippen molar-refractivity contribution in [1.82, 2.24) is 0 Å². The smallest absolute Gasteiger partial charge is 0.310 e. The largest absolute Gasteiger partial charge is 0.324 e. The summed E-state index contributed by atoms with van der Waals surface area (Å²) in [6.07, 6.45) is 7.01. The van der Waals surface area contributed by atoms with E-state index in [0.717, 1.165) is 0 Å². The van der Waals surface area contributed by atoms with Gasteiger partial charge in [0.1, 0.15) is 0 Å². The molecule has 0 unspecified atom stereocenters. The van der Waals surface area contributed by atoms with Crippen molar-refractivity contribution in [3.63, 3.8) is 0 Å². The Kier molecular flexibility index (Phi) is 35.6. The summed E-state index contributed by atoms with van der Waals surface area (Å²) in [7, 11) is -0.833. The molecular formula is C7H18ClO2P. The monoisotopic (exact) mass is 200 g/mol. The first-order chi connectivity index (χ1) is 4.83. The second-order valence-electron chi connectivity index (χ2n) is 2.14. The maximum atomic E-state index is 8.46. The lowest BCUT2D eigenvalue weighted by molar-refractivity contribution is 0.524. The van der Waals surface area contributed by atoms with Gasteiger partial charge in [-0.3, -0.25) is 0 Å². The molecule has 0 fully saturated rings. The van der Waals surface area contributed by atoms with E-state index in [2.05, 4.69) is 13.8 Å². The second-order valence-corrected chi connectivity index (χ2v) is 2.31. The Hall–Kier alpha value is 0.350. The SMILES string of the molecule is CCCCCCC.Cl.O=PO. The van der Waals surface area contributed by atoms with Gasteiger partial charge in [0.05, 0.1) is 0 Å². The summed E-state index contributed by atoms with van der Waals surface area (Å²) in [5.74, 6) is 0. The molecule has 11 heavy (non-hydrogen) atoms. The van der Waals surface area contributed by atoms with Gasteiger partial charge in [0.15, 0.2) is 0 Å². The third kappa shape index (κ3) is 38.1.